The summed E-state index contributed by atoms with van der Waals surface area (Å²) in [5.41, 5.74) is 2.24. The molecule has 0 unspecified atom stereocenters. The fourth-order valence-electron chi connectivity index (χ4n) is 2.30. The number of halogens is 2. The first kappa shape index (κ1) is 20.1. The van der Waals surface area contributed by atoms with Gasteiger partial charge in [0.15, 0.2) is 6.61 Å². The van der Waals surface area contributed by atoms with E-state index < -0.39 is 18.5 Å². The van der Waals surface area contributed by atoms with Gasteiger partial charge in [0, 0.05) is 10.6 Å². The molecule has 1 amide bonds. The molecule has 0 aliphatic rings. The van der Waals surface area contributed by atoms with E-state index >= 15 is 0 Å². The lowest BCUT2D eigenvalue weighted by atomic mass is 10.1. The lowest BCUT2D eigenvalue weighted by Crippen LogP contribution is -2.22. The molecule has 0 spiro atoms. The Morgan fingerprint density at radius 3 is 2.31 bits per heavy atom. The highest BCUT2D eigenvalue weighted by Gasteiger charge is 2.18. The first-order chi connectivity index (χ1) is 12.3. The van der Waals surface area contributed by atoms with Crippen molar-refractivity contribution in [2.24, 2.45) is 0 Å². The number of thiocyanates is 1. The molecular weight excluding hydrogens is 395 g/mol. The Morgan fingerprint density at radius 1 is 1.19 bits per heavy atom. The summed E-state index contributed by atoms with van der Waals surface area (Å²) in [5, 5.41) is 13.8. The summed E-state index contributed by atoms with van der Waals surface area (Å²) in [4.78, 5) is 25.0. The van der Waals surface area contributed by atoms with Crippen LogP contribution in [0.2, 0.25) is 10.0 Å². The van der Waals surface area contributed by atoms with Crippen molar-refractivity contribution in [1.82, 2.24) is 0 Å². The lowest BCUT2D eigenvalue weighted by Gasteiger charge is -2.13. The SMILES string of the molecule is Cc1cc(SC#N)cc(C)c1NC(=O)COC(=O)c1c(Cl)cccc1Cl. The van der Waals surface area contributed by atoms with E-state index in [2.05, 4.69) is 5.32 Å². The zero-order valence-electron chi connectivity index (χ0n) is 13.9. The van der Waals surface area contributed by atoms with Crippen molar-refractivity contribution in [3.63, 3.8) is 0 Å². The average Bonchev–Trinajstić information content (AvgIpc) is 2.56. The van der Waals surface area contributed by atoms with Gasteiger partial charge >= 0.3 is 5.97 Å². The molecule has 1 N–H and O–H groups in total. The smallest absolute Gasteiger partial charge is 0.341 e. The van der Waals surface area contributed by atoms with Crippen molar-refractivity contribution >= 4 is 52.5 Å². The van der Waals surface area contributed by atoms with E-state index in [-0.39, 0.29) is 15.6 Å². The van der Waals surface area contributed by atoms with Crippen molar-refractivity contribution < 1.29 is 14.3 Å². The number of nitriles is 1. The maximum Gasteiger partial charge on any atom is 0.341 e. The van der Waals surface area contributed by atoms with Gasteiger partial charge in [-0.1, -0.05) is 29.3 Å². The van der Waals surface area contributed by atoms with Crippen LogP contribution in [0.1, 0.15) is 21.5 Å². The van der Waals surface area contributed by atoms with Crippen LogP contribution in [0, 0.1) is 24.5 Å². The number of esters is 1. The van der Waals surface area contributed by atoms with Crippen LogP contribution < -0.4 is 5.32 Å². The second kappa shape index (κ2) is 8.95. The van der Waals surface area contributed by atoms with Crippen LogP contribution in [0.15, 0.2) is 35.2 Å². The monoisotopic (exact) mass is 408 g/mol. The number of ether oxygens (including phenoxy) is 1. The van der Waals surface area contributed by atoms with Crippen LogP contribution in [0.5, 0.6) is 0 Å². The zero-order valence-corrected chi connectivity index (χ0v) is 16.3. The third kappa shape index (κ3) is 4.92. The molecule has 2 rings (SSSR count). The molecule has 26 heavy (non-hydrogen) atoms. The summed E-state index contributed by atoms with van der Waals surface area (Å²) in [6, 6.07) is 8.22. The highest BCUT2D eigenvalue weighted by molar-refractivity contribution is 8.03. The predicted octanol–water partition coefficient (Wildman–Crippen LogP) is 4.98. The van der Waals surface area contributed by atoms with Gasteiger partial charge in [0.1, 0.15) is 5.40 Å². The molecule has 2 aromatic rings. The van der Waals surface area contributed by atoms with Gasteiger partial charge < -0.3 is 10.1 Å². The third-order valence-corrected chi connectivity index (χ3v) is 4.63. The van der Waals surface area contributed by atoms with Gasteiger partial charge in [0.05, 0.1) is 15.6 Å². The molecule has 8 heteroatoms. The standard InChI is InChI=1S/C18H14Cl2N2O3S/c1-10-6-12(26-9-21)7-11(2)17(10)22-15(23)8-25-18(24)16-13(19)4-3-5-14(16)20/h3-7H,8H2,1-2H3,(H,22,23). The number of hydrogen-bond acceptors (Lipinski definition) is 5. The number of carbonyl (C=O) groups excluding carboxylic acids is 2. The summed E-state index contributed by atoms with van der Waals surface area (Å²) in [6.07, 6.45) is 0. The molecule has 0 fully saturated rings. The number of anilines is 1. The van der Waals surface area contributed by atoms with E-state index in [0.717, 1.165) is 27.8 Å². The second-order valence-electron chi connectivity index (χ2n) is 5.35. The predicted molar refractivity (Wildman–Crippen MR) is 103 cm³/mol. The molecule has 0 radical (unpaired) electrons. The van der Waals surface area contributed by atoms with Gasteiger partial charge in [0.25, 0.3) is 5.91 Å². The van der Waals surface area contributed by atoms with Crippen molar-refractivity contribution in [3.05, 3.63) is 57.1 Å². The number of benzene rings is 2. The fourth-order valence-corrected chi connectivity index (χ4v) is 3.43. The van der Waals surface area contributed by atoms with E-state index in [4.69, 9.17) is 33.2 Å². The number of nitrogens with one attached hydrogen (secondary N) is 1. The number of amides is 1. The number of thioether (sulfide) groups is 1. The maximum absolute atomic E-state index is 12.1. The first-order valence-electron chi connectivity index (χ1n) is 7.41. The van der Waals surface area contributed by atoms with E-state index in [1.807, 2.05) is 19.2 Å². The van der Waals surface area contributed by atoms with Crippen LogP contribution in [0.3, 0.4) is 0 Å². The summed E-state index contributed by atoms with van der Waals surface area (Å²) >= 11 is 12.9. The summed E-state index contributed by atoms with van der Waals surface area (Å²) < 4.78 is 5.00. The van der Waals surface area contributed by atoms with Crippen molar-refractivity contribution in [2.45, 2.75) is 18.7 Å². The van der Waals surface area contributed by atoms with Crippen LogP contribution in [-0.4, -0.2) is 18.5 Å². The van der Waals surface area contributed by atoms with Crippen LogP contribution in [0.4, 0.5) is 5.69 Å². The van der Waals surface area contributed by atoms with Crippen LogP contribution >= 0.6 is 35.0 Å². The van der Waals surface area contributed by atoms with Gasteiger partial charge in [-0.25, -0.2) is 4.79 Å². The fraction of sp³-hybridized carbons (Fsp3) is 0.167. The Bertz CT molecular complexity index is 867. The molecule has 0 saturated heterocycles. The molecule has 0 aliphatic heterocycles. The molecule has 0 aromatic heterocycles. The molecule has 2 aromatic carbocycles. The molecule has 0 saturated carbocycles. The highest BCUT2D eigenvalue weighted by Crippen LogP contribution is 2.28. The van der Waals surface area contributed by atoms with E-state index in [0.29, 0.717) is 5.69 Å². The third-order valence-electron chi connectivity index (χ3n) is 3.44. The van der Waals surface area contributed by atoms with E-state index in [9.17, 15) is 9.59 Å². The average molecular weight is 409 g/mol. The number of carbonyl (C=O) groups is 2. The normalized spacial score (nSPS) is 10.1. The summed E-state index contributed by atoms with van der Waals surface area (Å²) in [6.45, 7) is 3.16. The molecule has 0 atom stereocenters. The van der Waals surface area contributed by atoms with Gasteiger partial charge in [0.2, 0.25) is 0 Å². The maximum atomic E-state index is 12.1. The molecule has 0 bridgehead atoms. The van der Waals surface area contributed by atoms with Gasteiger partial charge in [-0.05, 0) is 61.0 Å². The van der Waals surface area contributed by atoms with Crippen molar-refractivity contribution in [1.29, 1.82) is 5.26 Å². The summed E-state index contributed by atoms with van der Waals surface area (Å²) in [7, 11) is 0. The number of nitrogens with zero attached hydrogens (tertiary/aromatic N) is 1. The van der Waals surface area contributed by atoms with Crippen molar-refractivity contribution in [3.8, 4) is 5.40 Å². The largest absolute Gasteiger partial charge is 0.452 e. The Labute approximate surface area is 165 Å². The first-order valence-corrected chi connectivity index (χ1v) is 8.99. The number of aryl methyl sites for hydroxylation is 2. The van der Waals surface area contributed by atoms with Crippen LogP contribution in [-0.2, 0) is 9.53 Å². The van der Waals surface area contributed by atoms with Crippen molar-refractivity contribution in [2.75, 3.05) is 11.9 Å². The van der Waals surface area contributed by atoms with E-state index in [1.165, 1.54) is 12.1 Å². The molecular formula is C18H14Cl2N2O3S. The minimum absolute atomic E-state index is 0.0221. The second-order valence-corrected chi connectivity index (χ2v) is 7.02. The molecule has 0 aliphatic carbocycles. The molecule has 5 nitrogen and oxygen atoms in total. The van der Waals surface area contributed by atoms with Gasteiger partial charge in [-0.3, -0.25) is 4.79 Å². The number of hydrogen-bond donors (Lipinski definition) is 1. The minimum Gasteiger partial charge on any atom is -0.452 e. The van der Waals surface area contributed by atoms with Gasteiger partial charge in [-0.15, -0.1) is 0 Å². The Kier molecular flexibility index (Phi) is 6.92. The molecule has 134 valence electrons. The highest BCUT2D eigenvalue weighted by atomic mass is 35.5. The molecule has 0 heterocycles. The summed E-state index contributed by atoms with van der Waals surface area (Å²) in [5.74, 6) is -1.27. The Morgan fingerprint density at radius 2 is 1.77 bits per heavy atom. The lowest BCUT2D eigenvalue weighted by molar-refractivity contribution is -0.119. The Hall–Kier alpha value is -2.20. The Balaban J connectivity index is 2.04. The quantitative estimate of drug-likeness (QED) is 0.428. The number of rotatable bonds is 5. The minimum atomic E-state index is -0.773. The van der Waals surface area contributed by atoms with E-state index in [1.54, 1.807) is 18.2 Å². The topological polar surface area (TPSA) is 79.2 Å². The zero-order chi connectivity index (χ0) is 19.3. The van der Waals surface area contributed by atoms with Crippen LogP contribution in [0.25, 0.3) is 0 Å². The van der Waals surface area contributed by atoms with Gasteiger partial charge in [-0.2, -0.15) is 5.26 Å².